The SMILES string of the molecule is Clc1ccc(Br)cc1Oc1ncnc2ccsc12. The summed E-state index contributed by atoms with van der Waals surface area (Å²) in [6.45, 7) is 0. The molecule has 0 saturated carbocycles. The minimum Gasteiger partial charge on any atom is -0.436 e. The number of rotatable bonds is 2. The summed E-state index contributed by atoms with van der Waals surface area (Å²) in [5.41, 5.74) is 0.871. The van der Waals surface area contributed by atoms with Gasteiger partial charge in [0.25, 0.3) is 0 Å². The molecule has 3 aromatic rings. The summed E-state index contributed by atoms with van der Waals surface area (Å²) in [7, 11) is 0. The summed E-state index contributed by atoms with van der Waals surface area (Å²) in [5, 5.41) is 2.50. The van der Waals surface area contributed by atoms with Gasteiger partial charge in [-0.3, -0.25) is 0 Å². The van der Waals surface area contributed by atoms with Gasteiger partial charge in [0.15, 0.2) is 0 Å². The topological polar surface area (TPSA) is 35.0 Å². The summed E-state index contributed by atoms with van der Waals surface area (Å²) >= 11 is 11.0. The smallest absolute Gasteiger partial charge is 0.240 e. The van der Waals surface area contributed by atoms with Crippen LogP contribution in [0.4, 0.5) is 0 Å². The molecule has 2 aromatic heterocycles. The number of fused-ring (bicyclic) bond motifs is 1. The van der Waals surface area contributed by atoms with Crippen molar-refractivity contribution in [2.45, 2.75) is 0 Å². The molecule has 0 radical (unpaired) electrons. The third-order valence-electron chi connectivity index (χ3n) is 2.31. The fraction of sp³-hybridized carbons (Fsp3) is 0. The molecule has 3 nitrogen and oxygen atoms in total. The first-order chi connectivity index (χ1) is 8.74. The maximum Gasteiger partial charge on any atom is 0.240 e. The molecule has 0 N–H and O–H groups in total. The van der Waals surface area contributed by atoms with Crippen molar-refractivity contribution in [3.63, 3.8) is 0 Å². The van der Waals surface area contributed by atoms with Gasteiger partial charge in [-0.25, -0.2) is 9.97 Å². The Morgan fingerprint density at radius 2 is 2.11 bits per heavy atom. The van der Waals surface area contributed by atoms with E-state index < -0.39 is 0 Å². The zero-order valence-electron chi connectivity index (χ0n) is 8.93. The minimum absolute atomic E-state index is 0.523. The van der Waals surface area contributed by atoms with Gasteiger partial charge in [-0.1, -0.05) is 27.5 Å². The number of nitrogens with zero attached hydrogens (tertiary/aromatic N) is 2. The van der Waals surface area contributed by atoms with Crippen LogP contribution in [0.15, 0.2) is 40.4 Å². The fourth-order valence-electron chi connectivity index (χ4n) is 1.50. The number of ether oxygens (including phenoxy) is 1. The Balaban J connectivity index is 2.06. The van der Waals surface area contributed by atoms with E-state index in [0.29, 0.717) is 16.7 Å². The van der Waals surface area contributed by atoms with E-state index in [9.17, 15) is 0 Å². The van der Waals surface area contributed by atoms with Gasteiger partial charge in [0.2, 0.25) is 5.88 Å². The highest BCUT2D eigenvalue weighted by Crippen LogP contribution is 2.35. The van der Waals surface area contributed by atoms with Crippen LogP contribution < -0.4 is 4.74 Å². The molecule has 2 heterocycles. The van der Waals surface area contributed by atoms with Crippen molar-refractivity contribution in [3.8, 4) is 11.6 Å². The van der Waals surface area contributed by atoms with Crippen LogP contribution in [0.25, 0.3) is 10.2 Å². The number of benzene rings is 1. The van der Waals surface area contributed by atoms with Gasteiger partial charge in [-0.15, -0.1) is 11.3 Å². The van der Waals surface area contributed by atoms with Crippen molar-refractivity contribution in [3.05, 3.63) is 45.5 Å². The van der Waals surface area contributed by atoms with Crippen molar-refractivity contribution in [1.82, 2.24) is 9.97 Å². The molecule has 0 fully saturated rings. The Labute approximate surface area is 121 Å². The normalized spacial score (nSPS) is 10.8. The van der Waals surface area contributed by atoms with Gasteiger partial charge in [-0.05, 0) is 29.6 Å². The first-order valence-corrected chi connectivity index (χ1v) is 7.10. The molecule has 3 rings (SSSR count). The first-order valence-electron chi connectivity index (χ1n) is 5.05. The van der Waals surface area contributed by atoms with Gasteiger partial charge < -0.3 is 4.74 Å². The molecule has 1 aromatic carbocycles. The van der Waals surface area contributed by atoms with Crippen molar-refractivity contribution in [1.29, 1.82) is 0 Å². The van der Waals surface area contributed by atoms with Crippen LogP contribution in [0.2, 0.25) is 5.02 Å². The summed E-state index contributed by atoms with van der Waals surface area (Å²) in [6, 6.07) is 7.37. The van der Waals surface area contributed by atoms with Crippen LogP contribution in [-0.2, 0) is 0 Å². The Morgan fingerprint density at radius 3 is 3.00 bits per heavy atom. The van der Waals surface area contributed by atoms with Crippen LogP contribution in [-0.4, -0.2) is 9.97 Å². The molecule has 0 unspecified atom stereocenters. The van der Waals surface area contributed by atoms with E-state index in [1.165, 1.54) is 17.7 Å². The molecule has 6 heteroatoms. The van der Waals surface area contributed by atoms with Crippen molar-refractivity contribution in [2.75, 3.05) is 0 Å². The van der Waals surface area contributed by atoms with Crippen LogP contribution >= 0.6 is 38.9 Å². The van der Waals surface area contributed by atoms with Crippen LogP contribution in [0.1, 0.15) is 0 Å². The second kappa shape index (κ2) is 4.84. The van der Waals surface area contributed by atoms with E-state index >= 15 is 0 Å². The van der Waals surface area contributed by atoms with Crippen molar-refractivity contribution in [2.24, 2.45) is 0 Å². The molecule has 0 aliphatic heterocycles. The first kappa shape index (κ1) is 11.9. The standard InChI is InChI=1S/C12H6BrClN2OS/c13-7-1-2-8(14)10(5-7)17-12-11-9(3-4-18-11)15-6-16-12/h1-6H. The van der Waals surface area contributed by atoms with Gasteiger partial charge in [0, 0.05) is 4.47 Å². The molecular formula is C12H6BrClN2OS. The average molecular weight is 342 g/mol. The van der Waals surface area contributed by atoms with E-state index in [0.717, 1.165) is 14.7 Å². The molecule has 90 valence electrons. The molecule has 0 spiro atoms. The quantitative estimate of drug-likeness (QED) is 0.665. The van der Waals surface area contributed by atoms with Gasteiger partial charge in [0.1, 0.15) is 16.8 Å². The lowest BCUT2D eigenvalue weighted by Gasteiger charge is -2.07. The number of aromatic nitrogens is 2. The van der Waals surface area contributed by atoms with E-state index in [-0.39, 0.29) is 0 Å². The summed E-state index contributed by atoms with van der Waals surface area (Å²) in [5.74, 6) is 1.09. The summed E-state index contributed by atoms with van der Waals surface area (Å²) in [6.07, 6.45) is 1.48. The lowest BCUT2D eigenvalue weighted by molar-refractivity contribution is 0.469. The van der Waals surface area contributed by atoms with E-state index in [1.54, 1.807) is 6.07 Å². The van der Waals surface area contributed by atoms with Gasteiger partial charge in [-0.2, -0.15) is 0 Å². The monoisotopic (exact) mass is 340 g/mol. The highest BCUT2D eigenvalue weighted by Gasteiger charge is 2.10. The maximum absolute atomic E-state index is 6.09. The lowest BCUT2D eigenvalue weighted by Crippen LogP contribution is -1.90. The van der Waals surface area contributed by atoms with E-state index in [4.69, 9.17) is 16.3 Å². The predicted octanol–water partition coefficient (Wildman–Crippen LogP) is 4.90. The third-order valence-corrected chi connectivity index (χ3v) is 4.01. The number of hydrogen-bond acceptors (Lipinski definition) is 4. The zero-order chi connectivity index (χ0) is 12.5. The molecule has 0 atom stereocenters. The molecule has 0 aliphatic carbocycles. The molecule has 0 bridgehead atoms. The number of thiophene rings is 1. The molecule has 18 heavy (non-hydrogen) atoms. The maximum atomic E-state index is 6.09. The van der Waals surface area contributed by atoms with Crippen molar-refractivity contribution >= 4 is 49.1 Å². The molecular weight excluding hydrogens is 336 g/mol. The Kier molecular flexibility index (Phi) is 3.20. The third kappa shape index (κ3) is 2.21. The summed E-state index contributed by atoms with van der Waals surface area (Å²) < 4.78 is 7.57. The molecule has 0 amide bonds. The largest absolute Gasteiger partial charge is 0.436 e. The van der Waals surface area contributed by atoms with E-state index in [2.05, 4.69) is 25.9 Å². The van der Waals surface area contributed by atoms with E-state index in [1.807, 2.05) is 23.6 Å². The second-order valence-electron chi connectivity index (χ2n) is 3.49. The van der Waals surface area contributed by atoms with Crippen LogP contribution in [0, 0.1) is 0 Å². The van der Waals surface area contributed by atoms with Crippen LogP contribution in [0.5, 0.6) is 11.6 Å². The zero-order valence-corrected chi connectivity index (χ0v) is 12.1. The molecule has 0 aliphatic rings. The predicted molar refractivity (Wildman–Crippen MR) is 76.6 cm³/mol. The Hall–Kier alpha value is -1.17. The van der Waals surface area contributed by atoms with Gasteiger partial charge >= 0.3 is 0 Å². The number of halogens is 2. The number of hydrogen-bond donors (Lipinski definition) is 0. The fourth-order valence-corrected chi connectivity index (χ4v) is 2.76. The highest BCUT2D eigenvalue weighted by atomic mass is 79.9. The Bertz CT molecular complexity index is 716. The highest BCUT2D eigenvalue weighted by molar-refractivity contribution is 9.10. The minimum atomic E-state index is 0.523. The van der Waals surface area contributed by atoms with Crippen LogP contribution in [0.3, 0.4) is 0 Å². The van der Waals surface area contributed by atoms with Gasteiger partial charge in [0.05, 0.1) is 10.5 Å². The second-order valence-corrected chi connectivity index (χ2v) is 5.73. The Morgan fingerprint density at radius 1 is 1.22 bits per heavy atom. The lowest BCUT2D eigenvalue weighted by atomic mass is 10.3. The van der Waals surface area contributed by atoms with Crippen molar-refractivity contribution < 1.29 is 4.74 Å². The average Bonchev–Trinajstić information content (AvgIpc) is 2.83. The summed E-state index contributed by atoms with van der Waals surface area (Å²) in [4.78, 5) is 8.31. The molecule has 0 saturated heterocycles.